The molecule has 1 saturated heterocycles. The molecule has 3 heterocycles. The molecule has 10 nitrogen and oxygen atoms in total. The van der Waals surface area contributed by atoms with Gasteiger partial charge in [-0.1, -0.05) is 19.4 Å². The van der Waals surface area contributed by atoms with E-state index in [1.165, 1.54) is 0 Å². The summed E-state index contributed by atoms with van der Waals surface area (Å²) in [7, 11) is 1.55. The van der Waals surface area contributed by atoms with Crippen LogP contribution in [0.25, 0.3) is 0 Å². The van der Waals surface area contributed by atoms with E-state index in [1.54, 1.807) is 13.3 Å². The minimum atomic E-state index is -0.886. The molecule has 3 unspecified atom stereocenters. The number of nitrogens with two attached hydrogens (primary N) is 1. The average Bonchev–Trinajstić information content (AvgIpc) is 3.56. The number of methoxy groups -OCH3 is 1. The Morgan fingerprint density at radius 2 is 2.05 bits per heavy atom. The first-order valence-corrected chi connectivity index (χ1v) is 13.8. The molecule has 3 atom stereocenters. The van der Waals surface area contributed by atoms with Gasteiger partial charge in [0.1, 0.15) is 0 Å². The van der Waals surface area contributed by atoms with Gasteiger partial charge in [-0.25, -0.2) is 0 Å². The van der Waals surface area contributed by atoms with Gasteiger partial charge in [-0.2, -0.15) is 0 Å². The number of amides is 1. The average molecular weight is 541 g/mol. The molecule has 2 aliphatic rings. The minimum absolute atomic E-state index is 0.00721. The van der Waals surface area contributed by atoms with Crippen LogP contribution in [0.5, 0.6) is 17.2 Å². The van der Waals surface area contributed by atoms with Gasteiger partial charge in [0.15, 0.2) is 11.5 Å². The topological polar surface area (TPSA) is 127 Å². The predicted octanol–water partition coefficient (Wildman–Crippen LogP) is 2.90. The van der Waals surface area contributed by atoms with Crippen LogP contribution in [0.1, 0.15) is 49.8 Å². The number of pyridine rings is 1. The second-order valence-corrected chi connectivity index (χ2v) is 10.2. The van der Waals surface area contributed by atoms with Gasteiger partial charge in [0.2, 0.25) is 18.4 Å². The summed E-state index contributed by atoms with van der Waals surface area (Å²) in [5, 5.41) is 10.5. The number of carboxylic acid groups (broad SMARTS) is 1. The zero-order valence-corrected chi connectivity index (χ0v) is 22.9. The molecular formula is C29H40N4O6. The lowest BCUT2D eigenvalue weighted by atomic mass is 9.83. The molecule has 0 spiro atoms. The van der Waals surface area contributed by atoms with Crippen molar-refractivity contribution in [1.82, 2.24) is 14.8 Å². The molecule has 3 N–H and O–H groups in total. The molecule has 0 saturated carbocycles. The lowest BCUT2D eigenvalue weighted by Crippen LogP contribution is -2.45. The summed E-state index contributed by atoms with van der Waals surface area (Å²) in [6, 6.07) is 9.07. The molecule has 1 fully saturated rings. The summed E-state index contributed by atoms with van der Waals surface area (Å²) < 4.78 is 16.7. The largest absolute Gasteiger partial charge is 0.493 e. The second kappa shape index (κ2) is 13.6. The van der Waals surface area contributed by atoms with Crippen LogP contribution < -0.4 is 19.9 Å². The summed E-state index contributed by atoms with van der Waals surface area (Å²) in [5.41, 5.74) is 7.43. The van der Waals surface area contributed by atoms with Crippen molar-refractivity contribution in [3.05, 3.63) is 47.8 Å². The van der Waals surface area contributed by atoms with Crippen LogP contribution in [0.3, 0.4) is 0 Å². The quantitative estimate of drug-likeness (QED) is 0.372. The van der Waals surface area contributed by atoms with E-state index in [-0.39, 0.29) is 31.2 Å². The normalized spacial score (nSPS) is 20.2. The molecule has 212 valence electrons. The van der Waals surface area contributed by atoms with Crippen molar-refractivity contribution in [3.63, 3.8) is 0 Å². The first-order valence-electron chi connectivity index (χ1n) is 13.8. The van der Waals surface area contributed by atoms with Gasteiger partial charge >= 0.3 is 5.97 Å². The Balaban J connectivity index is 1.63. The monoisotopic (exact) mass is 540 g/mol. The highest BCUT2D eigenvalue weighted by Crippen LogP contribution is 2.47. The molecule has 0 bridgehead atoms. The number of fused-ring (bicyclic) bond motifs is 1. The number of hydrogen-bond donors (Lipinski definition) is 2. The Kier molecular flexibility index (Phi) is 10.00. The van der Waals surface area contributed by atoms with E-state index < -0.39 is 11.9 Å². The van der Waals surface area contributed by atoms with Gasteiger partial charge in [-0.05, 0) is 62.1 Å². The van der Waals surface area contributed by atoms with Crippen LogP contribution in [0.2, 0.25) is 0 Å². The number of carbonyl (C=O) groups excluding carboxylic acids is 1. The van der Waals surface area contributed by atoms with Crippen LogP contribution in [0.15, 0.2) is 36.5 Å². The maximum Gasteiger partial charge on any atom is 0.308 e. The number of unbranched alkanes of at least 4 members (excludes halogenated alkanes) is 1. The lowest BCUT2D eigenvalue weighted by Gasteiger charge is -2.29. The van der Waals surface area contributed by atoms with Gasteiger partial charge in [0.05, 0.1) is 19.6 Å². The Hall–Kier alpha value is -3.37. The Labute approximate surface area is 230 Å². The van der Waals surface area contributed by atoms with Crippen molar-refractivity contribution >= 4 is 11.9 Å². The molecule has 2 aromatic rings. The van der Waals surface area contributed by atoms with Crippen molar-refractivity contribution in [2.75, 3.05) is 46.6 Å². The van der Waals surface area contributed by atoms with Gasteiger partial charge in [-0.3, -0.25) is 19.5 Å². The first-order chi connectivity index (χ1) is 19.0. The number of aromatic nitrogens is 1. The van der Waals surface area contributed by atoms with Crippen LogP contribution in [0, 0.1) is 5.92 Å². The SMILES string of the molecule is CCCCN(CCCN)C(=O)CN1CC(c2cc(OC)c3c(c2)OCO3)C(C(=O)O)C1CCc1ccccn1. The first kappa shape index (κ1) is 28.6. The highest BCUT2D eigenvalue weighted by atomic mass is 16.7. The number of aliphatic carboxylic acids is 1. The summed E-state index contributed by atoms with van der Waals surface area (Å²) >= 11 is 0. The van der Waals surface area contributed by atoms with Crippen LogP contribution >= 0.6 is 0 Å². The third-order valence-corrected chi connectivity index (χ3v) is 7.67. The number of aryl methyl sites for hydroxylation is 1. The van der Waals surface area contributed by atoms with Crippen LogP contribution in [-0.4, -0.2) is 84.4 Å². The van der Waals surface area contributed by atoms with Crippen molar-refractivity contribution < 1.29 is 28.9 Å². The fraction of sp³-hybridized carbons (Fsp3) is 0.552. The highest BCUT2D eigenvalue weighted by Gasteiger charge is 2.47. The Morgan fingerprint density at radius 3 is 2.74 bits per heavy atom. The fourth-order valence-corrected chi connectivity index (χ4v) is 5.66. The third-order valence-electron chi connectivity index (χ3n) is 7.67. The van der Waals surface area contributed by atoms with E-state index in [0.29, 0.717) is 56.3 Å². The second-order valence-electron chi connectivity index (χ2n) is 10.2. The number of hydrogen-bond acceptors (Lipinski definition) is 8. The number of carboxylic acids is 1. The number of nitrogens with zero attached hydrogens (tertiary/aromatic N) is 3. The molecule has 2 aliphatic heterocycles. The van der Waals surface area contributed by atoms with Crippen LogP contribution in [0.4, 0.5) is 0 Å². The Bertz CT molecular complexity index is 1110. The number of likely N-dealkylation sites (tertiary alicyclic amines) is 1. The number of benzene rings is 1. The molecule has 0 aliphatic carbocycles. The highest BCUT2D eigenvalue weighted by molar-refractivity contribution is 5.79. The van der Waals surface area contributed by atoms with Crippen LogP contribution in [-0.2, 0) is 16.0 Å². The zero-order chi connectivity index (χ0) is 27.8. The van der Waals surface area contributed by atoms with Gasteiger partial charge in [0.25, 0.3) is 0 Å². The summed E-state index contributed by atoms with van der Waals surface area (Å²) in [4.78, 5) is 34.7. The third kappa shape index (κ3) is 6.80. The smallest absolute Gasteiger partial charge is 0.308 e. The summed E-state index contributed by atoms with van der Waals surface area (Å²) in [6.45, 7) is 4.56. The molecule has 39 heavy (non-hydrogen) atoms. The van der Waals surface area contributed by atoms with E-state index >= 15 is 0 Å². The molecule has 10 heteroatoms. The molecular weight excluding hydrogens is 500 g/mol. The number of carbonyl (C=O) groups is 2. The Morgan fingerprint density at radius 1 is 1.23 bits per heavy atom. The van der Waals surface area contributed by atoms with E-state index in [2.05, 4.69) is 11.9 Å². The minimum Gasteiger partial charge on any atom is -0.493 e. The van der Waals surface area contributed by atoms with Gasteiger partial charge < -0.3 is 30.0 Å². The standard InChI is InChI=1S/C29H40N4O6/c1-3-4-13-32(14-7-11-30)26(34)18-33-17-22(20-15-24(37-2)28-25(16-20)38-19-39-28)27(29(35)36)23(33)10-9-21-8-5-6-12-31-21/h5-6,8,12,15-16,22-23,27H,3-4,7,9-11,13-14,17-19,30H2,1-2H3,(H,35,36). The summed E-state index contributed by atoms with van der Waals surface area (Å²) in [6.07, 6.45) is 5.55. The van der Waals surface area contributed by atoms with Gasteiger partial charge in [0, 0.05) is 43.5 Å². The fourth-order valence-electron chi connectivity index (χ4n) is 5.66. The van der Waals surface area contributed by atoms with E-state index in [9.17, 15) is 14.7 Å². The number of ether oxygens (including phenoxy) is 3. The maximum absolute atomic E-state index is 13.5. The molecule has 4 rings (SSSR count). The maximum atomic E-state index is 13.5. The van der Waals surface area contributed by atoms with Crippen molar-refractivity contribution in [2.45, 2.75) is 51.0 Å². The van der Waals surface area contributed by atoms with E-state index in [1.807, 2.05) is 40.1 Å². The molecule has 1 aromatic heterocycles. The van der Waals surface area contributed by atoms with Crippen molar-refractivity contribution in [3.8, 4) is 17.2 Å². The predicted molar refractivity (Wildman–Crippen MR) is 146 cm³/mol. The van der Waals surface area contributed by atoms with Crippen molar-refractivity contribution in [2.24, 2.45) is 11.7 Å². The summed E-state index contributed by atoms with van der Waals surface area (Å²) in [5.74, 6) is -0.384. The lowest BCUT2D eigenvalue weighted by molar-refractivity contribution is -0.143. The van der Waals surface area contributed by atoms with Crippen molar-refractivity contribution in [1.29, 1.82) is 0 Å². The number of rotatable bonds is 14. The molecule has 1 amide bonds. The zero-order valence-electron chi connectivity index (χ0n) is 22.9. The molecule has 0 radical (unpaired) electrons. The molecule has 1 aromatic carbocycles. The van der Waals surface area contributed by atoms with Gasteiger partial charge in [-0.15, -0.1) is 0 Å². The van der Waals surface area contributed by atoms with E-state index in [0.717, 1.165) is 30.5 Å². The van der Waals surface area contributed by atoms with E-state index in [4.69, 9.17) is 19.9 Å².